The largest absolute Gasteiger partial charge is 0.374 e. The normalized spacial score (nSPS) is 21.2. The monoisotopic (exact) mass is 153 g/mol. The lowest BCUT2D eigenvalue weighted by molar-refractivity contribution is 0.0385. The van der Waals surface area contributed by atoms with Crippen LogP contribution in [0.1, 0.15) is 33.6 Å². The lowest BCUT2D eigenvalue weighted by atomic mass is 9.78. The number of rotatable bonds is 3. The minimum Gasteiger partial charge on any atom is -0.374 e. The summed E-state index contributed by atoms with van der Waals surface area (Å²) in [4.78, 5) is 2.36. The van der Waals surface area contributed by atoms with Gasteiger partial charge in [0.15, 0.2) is 0 Å². The summed E-state index contributed by atoms with van der Waals surface area (Å²) in [6.45, 7) is 13.1. The second kappa shape index (κ2) is 2.88. The first-order valence-electron chi connectivity index (χ1n) is 4.48. The zero-order chi connectivity index (χ0) is 8.48. The van der Waals surface area contributed by atoms with Crippen LogP contribution < -0.4 is 0 Å². The predicted octanol–water partition coefficient (Wildman–Crippen LogP) is 2.64. The molecule has 1 fully saturated rings. The van der Waals surface area contributed by atoms with Crippen LogP contribution in [0.3, 0.4) is 0 Å². The van der Waals surface area contributed by atoms with Crippen LogP contribution >= 0.6 is 0 Å². The molecule has 0 aliphatic carbocycles. The van der Waals surface area contributed by atoms with E-state index in [9.17, 15) is 0 Å². The zero-order valence-electron chi connectivity index (χ0n) is 7.98. The molecule has 0 spiro atoms. The third kappa shape index (κ3) is 1.76. The Morgan fingerprint density at radius 3 is 2.45 bits per heavy atom. The molecule has 0 aromatic heterocycles. The molecule has 0 atom stereocenters. The van der Waals surface area contributed by atoms with Crippen molar-refractivity contribution < 1.29 is 0 Å². The fourth-order valence-electron chi connectivity index (χ4n) is 1.91. The fraction of sp³-hybridized carbons (Fsp3) is 0.800. The van der Waals surface area contributed by atoms with Crippen LogP contribution in [0.5, 0.6) is 0 Å². The smallest absolute Gasteiger partial charge is 0.0245 e. The summed E-state index contributed by atoms with van der Waals surface area (Å²) >= 11 is 0. The van der Waals surface area contributed by atoms with Gasteiger partial charge in [0.05, 0.1) is 0 Å². The Hall–Kier alpha value is -0.460. The predicted molar refractivity (Wildman–Crippen MR) is 49.4 cm³/mol. The molecule has 0 aromatic carbocycles. The van der Waals surface area contributed by atoms with E-state index >= 15 is 0 Å². The van der Waals surface area contributed by atoms with Gasteiger partial charge in [-0.3, -0.25) is 0 Å². The van der Waals surface area contributed by atoms with E-state index in [0.29, 0.717) is 5.41 Å². The van der Waals surface area contributed by atoms with E-state index in [1.807, 2.05) is 0 Å². The van der Waals surface area contributed by atoms with E-state index in [4.69, 9.17) is 0 Å². The molecule has 0 radical (unpaired) electrons. The average Bonchev–Trinajstić information content (AvgIpc) is 1.82. The average molecular weight is 153 g/mol. The molecule has 1 saturated heterocycles. The molecule has 64 valence electrons. The van der Waals surface area contributed by atoms with Crippen molar-refractivity contribution in [2.24, 2.45) is 5.41 Å². The molecule has 0 bridgehead atoms. The summed E-state index contributed by atoms with van der Waals surface area (Å²) in [5, 5.41) is 0. The van der Waals surface area contributed by atoms with E-state index in [-0.39, 0.29) is 0 Å². The van der Waals surface area contributed by atoms with Gasteiger partial charge in [0.25, 0.3) is 0 Å². The molecule has 11 heavy (non-hydrogen) atoms. The third-order valence-corrected chi connectivity index (χ3v) is 2.54. The van der Waals surface area contributed by atoms with E-state index in [1.54, 1.807) is 0 Å². The SMILES string of the molecule is C=C(C)N1CC(C)(CCC)C1. The lowest BCUT2D eigenvalue weighted by Crippen LogP contribution is -2.53. The Morgan fingerprint density at radius 2 is 2.09 bits per heavy atom. The number of likely N-dealkylation sites (tertiary alicyclic amines) is 1. The maximum atomic E-state index is 3.93. The summed E-state index contributed by atoms with van der Waals surface area (Å²) in [5.41, 5.74) is 1.81. The Balaban J connectivity index is 2.31. The van der Waals surface area contributed by atoms with Gasteiger partial charge in [-0.15, -0.1) is 0 Å². The van der Waals surface area contributed by atoms with Crippen molar-refractivity contribution >= 4 is 0 Å². The van der Waals surface area contributed by atoms with Gasteiger partial charge >= 0.3 is 0 Å². The van der Waals surface area contributed by atoms with Crippen molar-refractivity contribution in [3.05, 3.63) is 12.3 Å². The van der Waals surface area contributed by atoms with Crippen molar-refractivity contribution in [2.45, 2.75) is 33.6 Å². The molecule has 0 N–H and O–H groups in total. The molecular weight excluding hydrogens is 134 g/mol. The maximum absolute atomic E-state index is 3.93. The molecule has 1 heteroatoms. The van der Waals surface area contributed by atoms with Gasteiger partial charge in [-0.25, -0.2) is 0 Å². The summed E-state index contributed by atoms with van der Waals surface area (Å²) in [6, 6.07) is 0. The highest BCUT2D eigenvalue weighted by molar-refractivity contribution is 5.02. The molecule has 0 unspecified atom stereocenters. The molecule has 1 aliphatic rings. The first-order chi connectivity index (χ1) is 5.07. The Kier molecular flexibility index (Phi) is 2.26. The summed E-state index contributed by atoms with van der Waals surface area (Å²) in [7, 11) is 0. The van der Waals surface area contributed by atoms with Gasteiger partial charge in [0.2, 0.25) is 0 Å². The maximum Gasteiger partial charge on any atom is 0.0245 e. The molecule has 1 rings (SSSR count). The van der Waals surface area contributed by atoms with E-state index in [1.165, 1.54) is 31.6 Å². The highest BCUT2D eigenvalue weighted by atomic mass is 15.2. The second-order valence-electron chi connectivity index (χ2n) is 4.15. The minimum atomic E-state index is 0.591. The molecule has 0 aromatic rings. The molecule has 1 aliphatic heterocycles. The molecule has 0 saturated carbocycles. The van der Waals surface area contributed by atoms with Gasteiger partial charge in [-0.05, 0) is 13.3 Å². The summed E-state index contributed by atoms with van der Waals surface area (Å²) in [6.07, 6.45) is 2.66. The first-order valence-corrected chi connectivity index (χ1v) is 4.48. The van der Waals surface area contributed by atoms with E-state index in [0.717, 1.165) is 0 Å². The molecular formula is C10H19N. The highest BCUT2D eigenvalue weighted by Crippen LogP contribution is 2.35. The summed E-state index contributed by atoms with van der Waals surface area (Å²) in [5.74, 6) is 0. The molecule has 0 amide bonds. The van der Waals surface area contributed by atoms with Gasteiger partial charge in [-0.2, -0.15) is 0 Å². The van der Waals surface area contributed by atoms with Gasteiger partial charge in [0, 0.05) is 24.2 Å². The topological polar surface area (TPSA) is 3.24 Å². The molecule has 1 heterocycles. The van der Waals surface area contributed by atoms with Crippen LogP contribution in [0.15, 0.2) is 12.3 Å². The quantitative estimate of drug-likeness (QED) is 0.602. The second-order valence-corrected chi connectivity index (χ2v) is 4.15. The van der Waals surface area contributed by atoms with Crippen LogP contribution in [0, 0.1) is 5.41 Å². The van der Waals surface area contributed by atoms with Crippen LogP contribution in [0.25, 0.3) is 0 Å². The Bertz CT molecular complexity index is 154. The third-order valence-electron chi connectivity index (χ3n) is 2.54. The van der Waals surface area contributed by atoms with Gasteiger partial charge < -0.3 is 4.90 Å². The lowest BCUT2D eigenvalue weighted by Gasteiger charge is -2.50. The van der Waals surface area contributed by atoms with Crippen molar-refractivity contribution in [2.75, 3.05) is 13.1 Å². The number of hydrogen-bond acceptors (Lipinski definition) is 1. The van der Waals surface area contributed by atoms with E-state index < -0.39 is 0 Å². The van der Waals surface area contributed by atoms with Gasteiger partial charge in [0.1, 0.15) is 0 Å². The van der Waals surface area contributed by atoms with Crippen molar-refractivity contribution in [1.29, 1.82) is 0 Å². The van der Waals surface area contributed by atoms with Crippen LogP contribution in [-0.4, -0.2) is 18.0 Å². The first kappa shape index (κ1) is 8.63. The summed E-state index contributed by atoms with van der Waals surface area (Å²) < 4.78 is 0. The van der Waals surface area contributed by atoms with Crippen molar-refractivity contribution in [1.82, 2.24) is 4.90 Å². The Morgan fingerprint density at radius 1 is 1.55 bits per heavy atom. The standard InChI is InChI=1S/C10H19N/c1-5-6-10(4)7-11(8-10)9(2)3/h2,5-8H2,1,3-4H3. The Labute approximate surface area is 70.1 Å². The number of allylic oxidation sites excluding steroid dienone is 1. The highest BCUT2D eigenvalue weighted by Gasteiger charge is 2.37. The number of hydrogen-bond donors (Lipinski definition) is 0. The van der Waals surface area contributed by atoms with E-state index in [2.05, 4.69) is 32.3 Å². The van der Waals surface area contributed by atoms with Crippen molar-refractivity contribution in [3.63, 3.8) is 0 Å². The fourth-order valence-corrected chi connectivity index (χ4v) is 1.91. The molecule has 1 nitrogen and oxygen atoms in total. The van der Waals surface area contributed by atoms with Crippen molar-refractivity contribution in [3.8, 4) is 0 Å². The minimum absolute atomic E-state index is 0.591. The van der Waals surface area contributed by atoms with Crippen LogP contribution in [-0.2, 0) is 0 Å². The van der Waals surface area contributed by atoms with Gasteiger partial charge in [-0.1, -0.05) is 26.8 Å². The zero-order valence-corrected chi connectivity index (χ0v) is 7.98. The van der Waals surface area contributed by atoms with Crippen LogP contribution in [0.4, 0.5) is 0 Å². The number of nitrogens with zero attached hydrogens (tertiary/aromatic N) is 1. The van der Waals surface area contributed by atoms with Crippen LogP contribution in [0.2, 0.25) is 0 Å².